The third-order valence-corrected chi connectivity index (χ3v) is 4.02. The van der Waals surface area contributed by atoms with Crippen LogP contribution in [0.25, 0.3) is 0 Å². The first-order chi connectivity index (χ1) is 12.1. The molecule has 1 N–H and O–H groups in total. The van der Waals surface area contributed by atoms with Gasteiger partial charge in [0.1, 0.15) is 5.82 Å². The number of nitrogens with one attached hydrogen (secondary N) is 1. The van der Waals surface area contributed by atoms with Crippen molar-refractivity contribution < 1.29 is 9.18 Å². The number of aromatic nitrogens is 2. The summed E-state index contributed by atoms with van der Waals surface area (Å²) in [4.78, 5) is 12.4. The Hall–Kier alpha value is -2.95. The molecule has 1 heterocycles. The molecule has 0 saturated heterocycles. The summed E-state index contributed by atoms with van der Waals surface area (Å²) < 4.78 is 15.9. The average Bonchev–Trinajstić information content (AvgIpc) is 3.00. The van der Waals surface area contributed by atoms with Crippen LogP contribution in [0.5, 0.6) is 0 Å². The molecule has 0 fully saturated rings. The summed E-state index contributed by atoms with van der Waals surface area (Å²) in [5.41, 5.74) is 2.36. The van der Waals surface area contributed by atoms with Gasteiger partial charge in [-0.15, -0.1) is 0 Å². The van der Waals surface area contributed by atoms with Gasteiger partial charge in [0.2, 0.25) is 5.91 Å². The van der Waals surface area contributed by atoms with E-state index in [9.17, 15) is 9.18 Å². The molecule has 1 unspecified atom stereocenters. The smallest absolute Gasteiger partial charge is 0.225 e. The fourth-order valence-corrected chi connectivity index (χ4v) is 2.84. The van der Waals surface area contributed by atoms with Gasteiger partial charge in [0.05, 0.1) is 18.7 Å². The second-order valence-electron chi connectivity index (χ2n) is 6.03. The first-order valence-electron chi connectivity index (χ1n) is 8.17. The van der Waals surface area contributed by atoms with Gasteiger partial charge in [0.25, 0.3) is 0 Å². The molecule has 0 aliphatic heterocycles. The van der Waals surface area contributed by atoms with Crippen molar-refractivity contribution in [3.05, 3.63) is 89.5 Å². The highest BCUT2D eigenvalue weighted by atomic mass is 19.1. The molecule has 0 radical (unpaired) electrons. The normalized spacial score (nSPS) is 11.9. The van der Waals surface area contributed by atoms with E-state index >= 15 is 0 Å². The molecular weight excluding hydrogens is 317 g/mol. The minimum Gasteiger partial charge on any atom is -0.349 e. The van der Waals surface area contributed by atoms with Crippen LogP contribution in [-0.2, 0) is 24.7 Å². The molecule has 2 aromatic carbocycles. The van der Waals surface area contributed by atoms with E-state index in [0.29, 0.717) is 12.0 Å². The molecule has 0 aliphatic rings. The van der Waals surface area contributed by atoms with Crippen LogP contribution in [0.4, 0.5) is 4.39 Å². The van der Waals surface area contributed by atoms with Crippen molar-refractivity contribution in [2.24, 2.45) is 7.05 Å². The van der Waals surface area contributed by atoms with Gasteiger partial charge in [-0.3, -0.25) is 9.48 Å². The summed E-state index contributed by atoms with van der Waals surface area (Å²) in [6, 6.07) is 15.9. The van der Waals surface area contributed by atoms with Crippen molar-refractivity contribution in [3.63, 3.8) is 0 Å². The van der Waals surface area contributed by atoms with E-state index in [4.69, 9.17) is 0 Å². The van der Waals surface area contributed by atoms with Gasteiger partial charge in [0.15, 0.2) is 0 Å². The van der Waals surface area contributed by atoms with Crippen LogP contribution < -0.4 is 5.32 Å². The van der Waals surface area contributed by atoms with E-state index in [1.54, 1.807) is 42.3 Å². The van der Waals surface area contributed by atoms with E-state index in [1.165, 1.54) is 6.07 Å². The Kier molecular flexibility index (Phi) is 5.23. The minimum absolute atomic E-state index is 0.155. The highest BCUT2D eigenvalue weighted by Gasteiger charge is 2.19. The quantitative estimate of drug-likeness (QED) is 0.751. The van der Waals surface area contributed by atoms with Crippen LogP contribution in [0.15, 0.2) is 67.0 Å². The highest BCUT2D eigenvalue weighted by Crippen LogP contribution is 2.21. The zero-order valence-electron chi connectivity index (χ0n) is 14.0. The molecule has 128 valence electrons. The molecule has 5 heteroatoms. The van der Waals surface area contributed by atoms with Crippen molar-refractivity contribution >= 4 is 5.91 Å². The van der Waals surface area contributed by atoms with Gasteiger partial charge in [-0.1, -0.05) is 48.5 Å². The van der Waals surface area contributed by atoms with Gasteiger partial charge in [-0.25, -0.2) is 4.39 Å². The van der Waals surface area contributed by atoms with Gasteiger partial charge < -0.3 is 5.32 Å². The summed E-state index contributed by atoms with van der Waals surface area (Å²) >= 11 is 0. The topological polar surface area (TPSA) is 46.9 Å². The molecule has 3 rings (SSSR count). The third kappa shape index (κ3) is 4.53. The van der Waals surface area contributed by atoms with Crippen LogP contribution in [-0.4, -0.2) is 15.7 Å². The maximum atomic E-state index is 14.3. The number of aryl methyl sites for hydroxylation is 1. The first-order valence-corrected chi connectivity index (χ1v) is 8.17. The van der Waals surface area contributed by atoms with Gasteiger partial charge >= 0.3 is 0 Å². The molecule has 1 amide bonds. The van der Waals surface area contributed by atoms with Crippen LogP contribution in [0, 0.1) is 5.82 Å². The van der Waals surface area contributed by atoms with Crippen LogP contribution in [0.2, 0.25) is 0 Å². The lowest BCUT2D eigenvalue weighted by atomic mass is 9.98. The number of halogens is 1. The third-order valence-electron chi connectivity index (χ3n) is 4.02. The largest absolute Gasteiger partial charge is 0.349 e. The van der Waals surface area contributed by atoms with Crippen molar-refractivity contribution in [3.8, 4) is 0 Å². The zero-order chi connectivity index (χ0) is 17.6. The van der Waals surface area contributed by atoms with E-state index in [1.807, 2.05) is 30.3 Å². The molecule has 4 nitrogen and oxygen atoms in total. The zero-order valence-corrected chi connectivity index (χ0v) is 14.0. The number of nitrogens with zero attached hydrogens (tertiary/aromatic N) is 2. The Bertz CT molecular complexity index is 845. The Morgan fingerprint density at radius 1 is 1.12 bits per heavy atom. The monoisotopic (exact) mass is 337 g/mol. The molecule has 0 aliphatic carbocycles. The van der Waals surface area contributed by atoms with Crippen LogP contribution >= 0.6 is 0 Å². The maximum Gasteiger partial charge on any atom is 0.225 e. The summed E-state index contributed by atoms with van der Waals surface area (Å²) in [7, 11) is 1.80. The van der Waals surface area contributed by atoms with Crippen LogP contribution in [0.3, 0.4) is 0 Å². The lowest BCUT2D eigenvalue weighted by molar-refractivity contribution is -0.121. The molecule has 0 saturated carbocycles. The van der Waals surface area contributed by atoms with Gasteiger partial charge in [0, 0.05) is 18.8 Å². The number of benzene rings is 2. The Labute approximate surface area is 146 Å². The van der Waals surface area contributed by atoms with Crippen molar-refractivity contribution in [1.29, 1.82) is 0 Å². The number of carbonyl (C=O) groups excluding carboxylic acids is 1. The molecule has 1 atom stereocenters. The lowest BCUT2D eigenvalue weighted by Crippen LogP contribution is -2.31. The second-order valence-corrected chi connectivity index (χ2v) is 6.03. The maximum absolute atomic E-state index is 14.3. The second kappa shape index (κ2) is 7.75. The van der Waals surface area contributed by atoms with Gasteiger partial charge in [-0.2, -0.15) is 5.10 Å². The number of hydrogen-bond donors (Lipinski definition) is 1. The summed E-state index contributed by atoms with van der Waals surface area (Å²) in [6.07, 6.45) is 4.21. The van der Waals surface area contributed by atoms with Crippen molar-refractivity contribution in [2.75, 3.05) is 0 Å². The number of hydrogen-bond acceptors (Lipinski definition) is 2. The van der Waals surface area contributed by atoms with Crippen LogP contribution in [0.1, 0.15) is 22.7 Å². The Balaban J connectivity index is 1.78. The van der Waals surface area contributed by atoms with E-state index < -0.39 is 6.04 Å². The molecule has 0 spiro atoms. The Morgan fingerprint density at radius 2 is 1.84 bits per heavy atom. The standard InChI is InChI=1S/C20H20FN3O/c1-24-14-16(13-22-24)12-20(25)23-19(11-15-7-3-2-4-8-15)17-9-5-6-10-18(17)21/h2-10,13-14,19H,11-12H2,1H3,(H,23,25). The Morgan fingerprint density at radius 3 is 2.52 bits per heavy atom. The van der Waals surface area contributed by atoms with Crippen molar-refractivity contribution in [1.82, 2.24) is 15.1 Å². The molecular formula is C20H20FN3O. The predicted octanol–water partition coefficient (Wildman–Crippen LogP) is 3.20. The summed E-state index contributed by atoms with van der Waals surface area (Å²) in [5.74, 6) is -0.470. The fourth-order valence-electron chi connectivity index (χ4n) is 2.84. The van der Waals surface area contributed by atoms with E-state index in [2.05, 4.69) is 10.4 Å². The van der Waals surface area contributed by atoms with E-state index in [-0.39, 0.29) is 18.1 Å². The number of carbonyl (C=O) groups is 1. The number of amides is 1. The summed E-state index contributed by atoms with van der Waals surface area (Å²) in [6.45, 7) is 0. The van der Waals surface area contributed by atoms with Crippen molar-refractivity contribution in [2.45, 2.75) is 18.9 Å². The van der Waals surface area contributed by atoms with Gasteiger partial charge in [-0.05, 0) is 23.6 Å². The minimum atomic E-state index is -0.423. The van der Waals surface area contributed by atoms with E-state index in [0.717, 1.165) is 11.1 Å². The SMILES string of the molecule is Cn1cc(CC(=O)NC(Cc2ccccc2)c2ccccc2F)cn1. The average molecular weight is 337 g/mol. The first kappa shape index (κ1) is 16.9. The molecule has 3 aromatic rings. The number of rotatable bonds is 6. The molecule has 1 aromatic heterocycles. The molecule has 0 bridgehead atoms. The lowest BCUT2D eigenvalue weighted by Gasteiger charge is -2.20. The fraction of sp³-hybridized carbons (Fsp3) is 0.200. The highest BCUT2D eigenvalue weighted by molar-refractivity contribution is 5.79. The predicted molar refractivity (Wildman–Crippen MR) is 94.3 cm³/mol. The molecule has 25 heavy (non-hydrogen) atoms. The summed E-state index contributed by atoms with van der Waals surface area (Å²) in [5, 5.41) is 7.03.